The van der Waals surface area contributed by atoms with Gasteiger partial charge in [-0.2, -0.15) is 0 Å². The van der Waals surface area contributed by atoms with Crippen LogP contribution in [0.15, 0.2) is 36.4 Å². The maximum atomic E-state index is 12.9. The molecule has 0 heterocycles. The molecule has 2 rings (SSSR count). The van der Waals surface area contributed by atoms with E-state index in [4.69, 9.17) is 0 Å². The van der Waals surface area contributed by atoms with E-state index >= 15 is 0 Å². The molecule has 0 aromatic heterocycles. The molecule has 0 bridgehead atoms. The first-order valence-electron chi connectivity index (χ1n) is 4.44. The van der Waals surface area contributed by atoms with Crippen molar-refractivity contribution in [1.82, 2.24) is 0 Å². The third kappa shape index (κ3) is 2.54. The van der Waals surface area contributed by atoms with Gasteiger partial charge >= 0.3 is 106 Å². The molecular formula is C11H7BrF2OSe. The topological polar surface area (TPSA) is 20.2 Å². The molecule has 1 N–H and O–H groups in total. The van der Waals surface area contributed by atoms with Gasteiger partial charge in [0, 0.05) is 0 Å². The summed E-state index contributed by atoms with van der Waals surface area (Å²) in [6.07, 6.45) is 0. The Balaban J connectivity index is 2.59. The number of hydrogen-bond donors (Lipinski definition) is 1. The molecule has 0 fully saturated rings. The number of aromatic hydroxyl groups is 1. The number of hydrogen-bond acceptors (Lipinski definition) is 1. The van der Waals surface area contributed by atoms with Crippen LogP contribution in [-0.2, 0) is 0 Å². The van der Waals surface area contributed by atoms with Gasteiger partial charge in [-0.25, -0.2) is 0 Å². The van der Waals surface area contributed by atoms with Gasteiger partial charge in [0.05, 0.1) is 0 Å². The zero-order valence-electron chi connectivity index (χ0n) is 7.95. The minimum absolute atomic E-state index is 0.119. The van der Waals surface area contributed by atoms with E-state index in [-0.39, 0.29) is 5.75 Å². The molecule has 2 aromatic rings. The number of halogens is 3. The molecule has 16 heavy (non-hydrogen) atoms. The number of benzene rings is 2. The monoisotopic (exact) mass is 352 g/mol. The Labute approximate surface area is 106 Å². The predicted octanol–water partition coefficient (Wildman–Crippen LogP) is 2.82. The molecule has 0 aliphatic rings. The zero-order chi connectivity index (χ0) is 11.8. The second-order valence-electron chi connectivity index (χ2n) is 3.18. The van der Waals surface area contributed by atoms with Crippen molar-refractivity contribution in [2.45, 2.75) is 3.73 Å². The molecule has 2 aromatic carbocycles. The van der Waals surface area contributed by atoms with Crippen LogP contribution in [0, 0.1) is 0 Å². The number of fused-ring (bicyclic) bond motifs is 1. The van der Waals surface area contributed by atoms with Gasteiger partial charge < -0.3 is 0 Å². The van der Waals surface area contributed by atoms with Crippen molar-refractivity contribution >= 4 is 46.1 Å². The molecule has 0 radical (unpaired) electrons. The summed E-state index contributed by atoms with van der Waals surface area (Å²) in [4.78, 5) is 0. The van der Waals surface area contributed by atoms with Gasteiger partial charge in [0.2, 0.25) is 0 Å². The fraction of sp³-hybridized carbons (Fsp3) is 0.0909. The summed E-state index contributed by atoms with van der Waals surface area (Å²) >= 11 is 1.35. The SMILES string of the molecule is Oc1ccc([Se]C(F)(F)Br)c2ccccc12. The van der Waals surface area contributed by atoms with E-state index < -0.39 is 18.7 Å². The first kappa shape index (κ1) is 11.8. The van der Waals surface area contributed by atoms with Crippen molar-refractivity contribution in [3.8, 4) is 5.75 Å². The Morgan fingerprint density at radius 2 is 1.69 bits per heavy atom. The molecule has 0 amide bonds. The molecule has 0 saturated carbocycles. The zero-order valence-corrected chi connectivity index (χ0v) is 11.3. The summed E-state index contributed by atoms with van der Waals surface area (Å²) in [7, 11) is 0. The number of phenolic OH excluding ortho intramolecular Hbond substituents is 1. The third-order valence-corrected chi connectivity index (χ3v) is 4.62. The van der Waals surface area contributed by atoms with Crippen LogP contribution in [0.2, 0.25) is 0 Å². The Hall–Kier alpha value is -0.641. The Morgan fingerprint density at radius 3 is 2.31 bits per heavy atom. The van der Waals surface area contributed by atoms with Crippen LogP contribution >= 0.6 is 15.9 Å². The van der Waals surface area contributed by atoms with E-state index in [0.717, 1.165) is 0 Å². The van der Waals surface area contributed by atoms with E-state index in [1.165, 1.54) is 6.07 Å². The fourth-order valence-corrected chi connectivity index (χ4v) is 3.79. The summed E-state index contributed by atoms with van der Waals surface area (Å²) in [6, 6.07) is 10.0. The summed E-state index contributed by atoms with van der Waals surface area (Å²) in [5.41, 5.74) is 0. The maximum absolute atomic E-state index is 12.9. The second kappa shape index (κ2) is 4.32. The molecule has 0 saturated heterocycles. The van der Waals surface area contributed by atoms with Gasteiger partial charge in [-0.05, 0) is 0 Å². The first-order valence-corrected chi connectivity index (χ1v) is 6.94. The standard InChI is InChI=1S/C11H7BrF2OSe/c12-11(13,14)16-10-6-5-9(15)7-3-1-2-4-8(7)10/h1-6,15H. The molecule has 5 heteroatoms. The van der Waals surface area contributed by atoms with E-state index in [2.05, 4.69) is 15.9 Å². The Kier molecular flexibility index (Phi) is 3.19. The summed E-state index contributed by atoms with van der Waals surface area (Å²) in [5.74, 6) is 0.119. The Bertz CT molecular complexity index is 525. The fourth-order valence-electron chi connectivity index (χ4n) is 1.47. The summed E-state index contributed by atoms with van der Waals surface area (Å²) < 4.78 is 23.5. The van der Waals surface area contributed by atoms with Crippen LogP contribution in [0.5, 0.6) is 5.75 Å². The molecule has 0 aliphatic carbocycles. The second-order valence-corrected chi connectivity index (χ2v) is 7.78. The summed E-state index contributed by atoms with van der Waals surface area (Å²) in [6.45, 7) is 0. The number of alkyl halides is 3. The molecule has 0 spiro atoms. The molecule has 84 valence electrons. The average Bonchev–Trinajstić information content (AvgIpc) is 2.21. The van der Waals surface area contributed by atoms with Crippen molar-refractivity contribution in [3.05, 3.63) is 36.4 Å². The van der Waals surface area contributed by atoms with E-state index in [0.29, 0.717) is 15.2 Å². The third-order valence-electron chi connectivity index (χ3n) is 2.09. The first-order chi connectivity index (χ1) is 7.47. The molecular weight excluding hydrogens is 345 g/mol. The van der Waals surface area contributed by atoms with Gasteiger partial charge in [-0.15, -0.1) is 0 Å². The van der Waals surface area contributed by atoms with Crippen LogP contribution in [0.3, 0.4) is 0 Å². The number of phenols is 1. The van der Waals surface area contributed by atoms with Gasteiger partial charge in [-0.1, -0.05) is 0 Å². The van der Waals surface area contributed by atoms with Crippen LogP contribution in [0.1, 0.15) is 0 Å². The van der Waals surface area contributed by atoms with Gasteiger partial charge in [0.25, 0.3) is 0 Å². The van der Waals surface area contributed by atoms with Crippen molar-refractivity contribution < 1.29 is 13.9 Å². The van der Waals surface area contributed by atoms with Crippen molar-refractivity contribution in [2.24, 2.45) is 0 Å². The van der Waals surface area contributed by atoms with Crippen molar-refractivity contribution in [3.63, 3.8) is 0 Å². The van der Waals surface area contributed by atoms with Crippen molar-refractivity contribution in [2.75, 3.05) is 0 Å². The number of rotatable bonds is 2. The van der Waals surface area contributed by atoms with Crippen LogP contribution in [0.25, 0.3) is 10.8 Å². The molecule has 1 nitrogen and oxygen atoms in total. The molecule has 0 atom stereocenters. The Morgan fingerprint density at radius 1 is 1.06 bits per heavy atom. The quantitative estimate of drug-likeness (QED) is 0.651. The van der Waals surface area contributed by atoms with Gasteiger partial charge in [0.15, 0.2) is 0 Å². The van der Waals surface area contributed by atoms with E-state index in [1.807, 2.05) is 0 Å². The van der Waals surface area contributed by atoms with Crippen LogP contribution in [-0.4, -0.2) is 23.8 Å². The van der Waals surface area contributed by atoms with Crippen LogP contribution < -0.4 is 4.46 Å². The van der Waals surface area contributed by atoms with Crippen LogP contribution in [0.4, 0.5) is 8.78 Å². The van der Waals surface area contributed by atoms with E-state index in [1.54, 1.807) is 30.3 Å². The van der Waals surface area contributed by atoms with Crippen molar-refractivity contribution in [1.29, 1.82) is 0 Å². The average molecular weight is 352 g/mol. The summed E-state index contributed by atoms with van der Waals surface area (Å²) in [5, 5.41) is 10.9. The molecule has 0 unspecified atom stereocenters. The van der Waals surface area contributed by atoms with Gasteiger partial charge in [0.1, 0.15) is 0 Å². The minimum atomic E-state index is -2.86. The predicted molar refractivity (Wildman–Crippen MR) is 64.9 cm³/mol. The van der Waals surface area contributed by atoms with Gasteiger partial charge in [-0.3, -0.25) is 0 Å². The van der Waals surface area contributed by atoms with E-state index in [9.17, 15) is 13.9 Å². The molecule has 0 aliphatic heterocycles. The normalized spacial score (nSPS) is 11.9.